The van der Waals surface area contributed by atoms with E-state index in [1.807, 2.05) is 12.1 Å². The number of nitrogens with zero attached hydrogens (tertiary/aromatic N) is 1. The van der Waals surface area contributed by atoms with Gasteiger partial charge in [0.25, 0.3) is 6.01 Å². The Morgan fingerprint density at radius 2 is 2.17 bits per heavy atom. The van der Waals surface area contributed by atoms with E-state index in [1.54, 1.807) is 6.20 Å². The van der Waals surface area contributed by atoms with Gasteiger partial charge < -0.3 is 14.9 Å². The van der Waals surface area contributed by atoms with Gasteiger partial charge in [-0.05, 0) is 50.5 Å². The monoisotopic (exact) mass is 244 g/mol. The SMILES string of the molecule is CC1(C)CCc2cc(-c3cnc(N)o3)ccc2O1. The van der Waals surface area contributed by atoms with E-state index in [1.165, 1.54) is 5.56 Å². The minimum atomic E-state index is -0.0782. The molecule has 0 unspecified atom stereocenters. The van der Waals surface area contributed by atoms with Crippen LogP contribution in [0, 0.1) is 0 Å². The Kier molecular flexibility index (Phi) is 2.33. The van der Waals surface area contributed by atoms with Crippen molar-refractivity contribution in [2.75, 3.05) is 5.73 Å². The summed E-state index contributed by atoms with van der Waals surface area (Å²) in [6.07, 6.45) is 3.67. The van der Waals surface area contributed by atoms with Crippen LogP contribution < -0.4 is 10.5 Å². The van der Waals surface area contributed by atoms with Gasteiger partial charge in [0.1, 0.15) is 11.4 Å². The first kappa shape index (κ1) is 11.1. The molecule has 0 aliphatic carbocycles. The number of hydrogen-bond acceptors (Lipinski definition) is 4. The summed E-state index contributed by atoms with van der Waals surface area (Å²) < 4.78 is 11.3. The second-order valence-corrected chi connectivity index (χ2v) is 5.25. The normalized spacial score (nSPS) is 17.0. The zero-order valence-corrected chi connectivity index (χ0v) is 10.6. The van der Waals surface area contributed by atoms with Crippen molar-refractivity contribution in [1.29, 1.82) is 0 Å². The van der Waals surface area contributed by atoms with Gasteiger partial charge >= 0.3 is 0 Å². The number of benzene rings is 1. The highest BCUT2D eigenvalue weighted by molar-refractivity contribution is 5.61. The Balaban J connectivity index is 1.97. The first-order valence-corrected chi connectivity index (χ1v) is 6.07. The number of rotatable bonds is 1. The predicted octanol–water partition coefficient (Wildman–Crippen LogP) is 3.03. The van der Waals surface area contributed by atoms with E-state index in [0.29, 0.717) is 5.76 Å². The van der Waals surface area contributed by atoms with Crippen molar-refractivity contribution in [3.8, 4) is 17.1 Å². The van der Waals surface area contributed by atoms with Gasteiger partial charge in [0.2, 0.25) is 0 Å². The molecule has 0 bridgehead atoms. The van der Waals surface area contributed by atoms with Gasteiger partial charge in [0.15, 0.2) is 5.76 Å². The average molecular weight is 244 g/mol. The molecule has 4 nitrogen and oxygen atoms in total. The van der Waals surface area contributed by atoms with Gasteiger partial charge in [-0.3, -0.25) is 0 Å². The molecule has 0 spiro atoms. The van der Waals surface area contributed by atoms with Gasteiger partial charge in [-0.25, -0.2) is 4.98 Å². The Bertz CT molecular complexity index is 587. The molecular weight excluding hydrogens is 228 g/mol. The van der Waals surface area contributed by atoms with Crippen molar-refractivity contribution in [3.05, 3.63) is 30.0 Å². The number of oxazole rings is 1. The number of fused-ring (bicyclic) bond motifs is 1. The molecule has 1 aromatic carbocycles. The van der Waals surface area contributed by atoms with Gasteiger partial charge in [-0.15, -0.1) is 0 Å². The van der Waals surface area contributed by atoms with Crippen molar-refractivity contribution < 1.29 is 9.15 Å². The summed E-state index contributed by atoms with van der Waals surface area (Å²) in [5.41, 5.74) is 7.61. The number of hydrogen-bond donors (Lipinski definition) is 1. The molecule has 18 heavy (non-hydrogen) atoms. The lowest BCUT2D eigenvalue weighted by molar-refractivity contribution is 0.0847. The minimum absolute atomic E-state index is 0.0782. The molecule has 0 saturated carbocycles. The van der Waals surface area contributed by atoms with Crippen LogP contribution in [0.25, 0.3) is 11.3 Å². The maximum atomic E-state index is 5.94. The molecule has 1 aliphatic rings. The molecule has 0 atom stereocenters. The molecule has 3 rings (SSSR count). The lowest BCUT2D eigenvalue weighted by Gasteiger charge is -2.32. The Morgan fingerprint density at radius 1 is 1.33 bits per heavy atom. The second kappa shape index (κ2) is 3.77. The summed E-state index contributed by atoms with van der Waals surface area (Å²) in [6.45, 7) is 4.22. The van der Waals surface area contributed by atoms with Crippen LogP contribution in [0.2, 0.25) is 0 Å². The maximum absolute atomic E-state index is 5.94. The fourth-order valence-corrected chi connectivity index (χ4v) is 2.23. The molecular formula is C14H16N2O2. The van der Waals surface area contributed by atoms with Crippen LogP contribution >= 0.6 is 0 Å². The predicted molar refractivity (Wildman–Crippen MR) is 69.4 cm³/mol. The van der Waals surface area contributed by atoms with Crippen molar-refractivity contribution in [3.63, 3.8) is 0 Å². The highest BCUT2D eigenvalue weighted by Gasteiger charge is 2.26. The summed E-state index contributed by atoms with van der Waals surface area (Å²) in [6, 6.07) is 6.25. The molecule has 0 saturated heterocycles. The molecule has 94 valence electrons. The number of ether oxygens (including phenoxy) is 1. The van der Waals surface area contributed by atoms with Crippen LogP contribution in [-0.2, 0) is 6.42 Å². The zero-order chi connectivity index (χ0) is 12.8. The number of anilines is 1. The molecule has 2 N–H and O–H groups in total. The Morgan fingerprint density at radius 3 is 2.89 bits per heavy atom. The molecule has 1 aromatic heterocycles. The van der Waals surface area contributed by atoms with Crippen LogP contribution in [0.5, 0.6) is 5.75 Å². The summed E-state index contributed by atoms with van der Waals surface area (Å²) in [5, 5.41) is 0. The zero-order valence-electron chi connectivity index (χ0n) is 10.6. The molecule has 1 aliphatic heterocycles. The van der Waals surface area contributed by atoms with E-state index >= 15 is 0 Å². The second-order valence-electron chi connectivity index (χ2n) is 5.25. The lowest BCUT2D eigenvalue weighted by atomic mass is 9.93. The summed E-state index contributed by atoms with van der Waals surface area (Å²) in [7, 11) is 0. The minimum Gasteiger partial charge on any atom is -0.488 e. The fourth-order valence-electron chi connectivity index (χ4n) is 2.23. The van der Waals surface area contributed by atoms with Gasteiger partial charge in [0, 0.05) is 5.56 Å². The van der Waals surface area contributed by atoms with Crippen molar-refractivity contribution >= 4 is 6.01 Å². The quantitative estimate of drug-likeness (QED) is 0.837. The van der Waals surface area contributed by atoms with E-state index in [4.69, 9.17) is 14.9 Å². The largest absolute Gasteiger partial charge is 0.488 e. The van der Waals surface area contributed by atoms with Gasteiger partial charge in [-0.2, -0.15) is 0 Å². The summed E-state index contributed by atoms with van der Waals surface area (Å²) in [5.74, 6) is 1.66. The van der Waals surface area contributed by atoms with Crippen molar-refractivity contribution in [1.82, 2.24) is 4.98 Å². The molecule has 0 amide bonds. The standard InChI is InChI=1S/C14H16N2O2/c1-14(2)6-5-10-7-9(3-4-11(10)18-14)12-8-16-13(15)17-12/h3-4,7-8H,5-6H2,1-2H3,(H2,15,16). The highest BCUT2D eigenvalue weighted by atomic mass is 16.5. The summed E-state index contributed by atoms with van der Waals surface area (Å²) in [4.78, 5) is 3.91. The Labute approximate surface area is 106 Å². The van der Waals surface area contributed by atoms with E-state index < -0.39 is 0 Å². The maximum Gasteiger partial charge on any atom is 0.292 e. The smallest absolute Gasteiger partial charge is 0.292 e. The first-order chi connectivity index (χ1) is 8.53. The van der Waals surface area contributed by atoms with E-state index in [0.717, 1.165) is 24.2 Å². The summed E-state index contributed by atoms with van der Waals surface area (Å²) >= 11 is 0. The van der Waals surface area contributed by atoms with E-state index in [9.17, 15) is 0 Å². The van der Waals surface area contributed by atoms with Crippen LogP contribution in [0.15, 0.2) is 28.8 Å². The van der Waals surface area contributed by atoms with E-state index in [2.05, 4.69) is 24.9 Å². The van der Waals surface area contributed by atoms with Gasteiger partial charge in [0.05, 0.1) is 6.20 Å². The number of nitrogen functional groups attached to an aromatic ring is 1. The number of aryl methyl sites for hydroxylation is 1. The van der Waals surface area contributed by atoms with Crippen LogP contribution in [-0.4, -0.2) is 10.6 Å². The van der Waals surface area contributed by atoms with Crippen molar-refractivity contribution in [2.45, 2.75) is 32.3 Å². The molecule has 2 heterocycles. The third kappa shape index (κ3) is 1.94. The molecule has 4 heteroatoms. The third-order valence-corrected chi connectivity index (χ3v) is 3.25. The van der Waals surface area contributed by atoms with Crippen LogP contribution in [0.4, 0.5) is 6.01 Å². The molecule has 2 aromatic rings. The number of nitrogens with two attached hydrogens (primary N) is 1. The average Bonchev–Trinajstić information content (AvgIpc) is 2.74. The highest BCUT2D eigenvalue weighted by Crippen LogP contribution is 2.35. The van der Waals surface area contributed by atoms with Crippen LogP contribution in [0.1, 0.15) is 25.8 Å². The van der Waals surface area contributed by atoms with Gasteiger partial charge in [-0.1, -0.05) is 0 Å². The topological polar surface area (TPSA) is 61.3 Å². The molecule has 0 fully saturated rings. The third-order valence-electron chi connectivity index (χ3n) is 3.25. The van der Waals surface area contributed by atoms with E-state index in [-0.39, 0.29) is 11.6 Å². The number of aromatic nitrogens is 1. The first-order valence-electron chi connectivity index (χ1n) is 6.07. The molecule has 0 radical (unpaired) electrons. The Hall–Kier alpha value is -1.97. The van der Waals surface area contributed by atoms with Crippen molar-refractivity contribution in [2.24, 2.45) is 0 Å². The van der Waals surface area contributed by atoms with Crippen LogP contribution in [0.3, 0.4) is 0 Å². The fraction of sp³-hybridized carbons (Fsp3) is 0.357. The lowest BCUT2D eigenvalue weighted by Crippen LogP contribution is -2.32.